The van der Waals surface area contributed by atoms with Crippen molar-refractivity contribution in [3.8, 4) is 0 Å². The van der Waals surface area contributed by atoms with E-state index in [1.54, 1.807) is 0 Å². The number of ether oxygens (including phenoxy) is 5. The van der Waals surface area contributed by atoms with Crippen molar-refractivity contribution in [1.82, 2.24) is 0 Å². The van der Waals surface area contributed by atoms with Crippen molar-refractivity contribution < 1.29 is 33.2 Å². The summed E-state index contributed by atoms with van der Waals surface area (Å²) in [5, 5.41) is 11.9. The predicted molar refractivity (Wildman–Crippen MR) is 206 cm³/mol. The van der Waals surface area contributed by atoms with Gasteiger partial charge in [0.15, 0.2) is 14.1 Å². The summed E-state index contributed by atoms with van der Waals surface area (Å²) in [5.41, 5.74) is 3.08. The van der Waals surface area contributed by atoms with Crippen LogP contribution in [0, 0.1) is 0 Å². The Morgan fingerprint density at radius 2 is 1.19 bits per heavy atom. The summed E-state index contributed by atoms with van der Waals surface area (Å²) >= 11 is 0. The lowest BCUT2D eigenvalue weighted by Crippen LogP contribution is -2.47. The van der Waals surface area contributed by atoms with Gasteiger partial charge in [-0.1, -0.05) is 142 Å². The summed E-state index contributed by atoms with van der Waals surface area (Å²) < 4.78 is 40.4. The van der Waals surface area contributed by atoms with Gasteiger partial charge in [0.25, 0.3) is 0 Å². The molecule has 0 bridgehead atoms. The molecule has 2 fully saturated rings. The molecule has 2 aliphatic rings. The van der Waals surface area contributed by atoms with E-state index in [4.69, 9.17) is 28.1 Å². The number of hydrogen-bond donors (Lipinski definition) is 1. The topological polar surface area (TPSA) is 75.6 Å². The van der Waals surface area contributed by atoms with E-state index < -0.39 is 56.3 Å². The van der Waals surface area contributed by atoms with Crippen molar-refractivity contribution in [2.24, 2.45) is 0 Å². The zero-order valence-electron chi connectivity index (χ0n) is 31.7. The third-order valence-corrected chi connectivity index (χ3v) is 15.4. The van der Waals surface area contributed by atoms with Crippen molar-refractivity contribution >= 4 is 8.32 Å². The highest BCUT2D eigenvalue weighted by Gasteiger charge is 2.56. The van der Waals surface area contributed by atoms with E-state index in [-0.39, 0.29) is 11.6 Å². The fraction of sp³-hybridized carbons (Fsp3) is 0.455. The fourth-order valence-electron chi connectivity index (χ4n) is 7.12. The van der Waals surface area contributed by atoms with Crippen LogP contribution < -0.4 is 0 Å². The van der Waals surface area contributed by atoms with E-state index in [0.717, 1.165) is 22.3 Å². The maximum Gasteiger partial charge on any atom is 0.191 e. The van der Waals surface area contributed by atoms with Gasteiger partial charge in [0.2, 0.25) is 0 Å². The lowest BCUT2D eigenvalue weighted by molar-refractivity contribution is -0.168. The van der Waals surface area contributed by atoms with Crippen LogP contribution in [0.4, 0.5) is 0 Å². The van der Waals surface area contributed by atoms with E-state index in [2.05, 4.69) is 70.3 Å². The van der Waals surface area contributed by atoms with Crippen LogP contribution in [0.15, 0.2) is 121 Å². The summed E-state index contributed by atoms with van der Waals surface area (Å²) in [5.74, 6) is -0.921. The summed E-state index contributed by atoms with van der Waals surface area (Å²) in [4.78, 5) is 0. The Balaban J connectivity index is 1.30. The van der Waals surface area contributed by atoms with Crippen molar-refractivity contribution in [3.05, 3.63) is 144 Å². The molecule has 4 aromatic rings. The van der Waals surface area contributed by atoms with Gasteiger partial charge < -0.3 is 33.2 Å². The molecule has 0 saturated carbocycles. The molecule has 0 radical (unpaired) electrons. The number of benzene rings is 4. The second-order valence-corrected chi connectivity index (χ2v) is 20.8. The third-order valence-electron chi connectivity index (χ3n) is 10.9. The minimum atomic E-state index is -1.99. The Labute approximate surface area is 311 Å². The lowest BCUT2D eigenvalue weighted by atomic mass is 9.80. The van der Waals surface area contributed by atoms with Crippen LogP contribution in [0.1, 0.15) is 63.3 Å². The molecule has 0 amide bonds. The van der Waals surface area contributed by atoms with Gasteiger partial charge in [-0.05, 0) is 60.7 Å². The maximum atomic E-state index is 11.8. The van der Waals surface area contributed by atoms with Crippen LogP contribution in [0.3, 0.4) is 0 Å². The molecule has 2 saturated heterocycles. The minimum absolute atomic E-state index is 0.0777. The molecule has 52 heavy (non-hydrogen) atoms. The molecule has 0 unspecified atom stereocenters. The van der Waals surface area contributed by atoms with Gasteiger partial charge in [0, 0.05) is 6.61 Å². The molecule has 0 aliphatic carbocycles. The first-order chi connectivity index (χ1) is 24.8. The minimum Gasteiger partial charge on any atom is -0.417 e. The molecule has 4 aromatic carbocycles. The fourth-order valence-corrected chi connectivity index (χ4v) is 8.18. The predicted octanol–water partition coefficient (Wildman–Crippen LogP) is 8.64. The molecular weight excluding hydrogens is 669 g/mol. The molecule has 1 N–H and O–H groups in total. The Bertz CT molecular complexity index is 1580. The quantitative estimate of drug-likeness (QED) is 0.103. The van der Waals surface area contributed by atoms with Gasteiger partial charge in [0.05, 0.1) is 19.3 Å². The zero-order valence-corrected chi connectivity index (χ0v) is 32.7. The van der Waals surface area contributed by atoms with Gasteiger partial charge in [0.1, 0.15) is 36.1 Å². The van der Waals surface area contributed by atoms with Crippen molar-refractivity contribution in [2.75, 3.05) is 13.2 Å². The highest BCUT2D eigenvalue weighted by atomic mass is 28.4. The molecule has 6 atom stereocenters. The molecule has 2 aliphatic heterocycles. The molecule has 0 spiro atoms. The number of aliphatic hydroxyl groups excluding tert-OH is 1. The summed E-state index contributed by atoms with van der Waals surface area (Å²) in [6.07, 6.45) is -3.25. The largest absolute Gasteiger partial charge is 0.417 e. The smallest absolute Gasteiger partial charge is 0.191 e. The molecule has 0 aromatic heterocycles. The SMILES string of the molecule is CC1(C)O[C@H]([C@@H]2O[C@H](CCO[Si](C)(C)C(C)(C)C)[C@@H](O)[C@@H]2OCc2ccccc2)[C@H](COC(c2ccccc2)(c2ccccc2)c2ccccc2)O1. The van der Waals surface area contributed by atoms with Crippen LogP contribution in [-0.2, 0) is 40.3 Å². The molecule has 278 valence electrons. The zero-order chi connectivity index (χ0) is 37.0. The Morgan fingerprint density at radius 3 is 1.69 bits per heavy atom. The molecule has 2 heterocycles. The van der Waals surface area contributed by atoms with Crippen molar-refractivity contribution in [3.63, 3.8) is 0 Å². The van der Waals surface area contributed by atoms with Crippen LogP contribution in [0.2, 0.25) is 18.1 Å². The number of aliphatic hydroxyl groups is 1. The van der Waals surface area contributed by atoms with E-state index in [1.807, 2.05) is 98.8 Å². The van der Waals surface area contributed by atoms with Crippen LogP contribution in [-0.4, -0.2) is 69.0 Å². The summed E-state index contributed by atoms with van der Waals surface area (Å²) in [6.45, 7) is 16.0. The molecule has 6 rings (SSSR count). The van der Waals surface area contributed by atoms with Gasteiger partial charge in [-0.2, -0.15) is 0 Å². The first-order valence-electron chi connectivity index (χ1n) is 18.6. The average molecular weight is 725 g/mol. The average Bonchev–Trinajstić information content (AvgIpc) is 3.62. The highest BCUT2D eigenvalue weighted by molar-refractivity contribution is 6.74. The maximum absolute atomic E-state index is 11.8. The molecule has 7 nitrogen and oxygen atoms in total. The van der Waals surface area contributed by atoms with Gasteiger partial charge in [-0.15, -0.1) is 0 Å². The second-order valence-electron chi connectivity index (χ2n) is 16.0. The Morgan fingerprint density at radius 1 is 0.692 bits per heavy atom. The van der Waals surface area contributed by atoms with Crippen molar-refractivity contribution in [2.45, 2.75) is 114 Å². The van der Waals surface area contributed by atoms with E-state index in [0.29, 0.717) is 19.6 Å². The Kier molecular flexibility index (Phi) is 11.9. The lowest BCUT2D eigenvalue weighted by Gasteiger charge is -2.37. The van der Waals surface area contributed by atoms with E-state index in [1.165, 1.54) is 0 Å². The van der Waals surface area contributed by atoms with Gasteiger partial charge in [-0.25, -0.2) is 0 Å². The van der Waals surface area contributed by atoms with Gasteiger partial charge >= 0.3 is 0 Å². The first kappa shape index (κ1) is 38.5. The van der Waals surface area contributed by atoms with Gasteiger partial charge in [-0.3, -0.25) is 0 Å². The first-order valence-corrected chi connectivity index (χ1v) is 21.5. The van der Waals surface area contributed by atoms with E-state index >= 15 is 0 Å². The highest BCUT2D eigenvalue weighted by Crippen LogP contribution is 2.44. The number of rotatable bonds is 14. The van der Waals surface area contributed by atoms with Crippen LogP contribution >= 0.6 is 0 Å². The molecular formula is C44H56O7Si. The van der Waals surface area contributed by atoms with Crippen LogP contribution in [0.25, 0.3) is 0 Å². The summed E-state index contributed by atoms with van der Waals surface area (Å²) in [6, 6.07) is 40.9. The monoisotopic (exact) mass is 724 g/mol. The van der Waals surface area contributed by atoms with Crippen LogP contribution in [0.5, 0.6) is 0 Å². The Hall–Kier alpha value is -3.18. The third kappa shape index (κ3) is 8.45. The number of hydrogen-bond acceptors (Lipinski definition) is 7. The van der Waals surface area contributed by atoms with Crippen molar-refractivity contribution in [1.29, 1.82) is 0 Å². The summed E-state index contributed by atoms with van der Waals surface area (Å²) in [7, 11) is -1.99. The normalized spacial score (nSPS) is 25.0. The van der Waals surface area contributed by atoms with E-state index in [9.17, 15) is 5.11 Å². The second kappa shape index (κ2) is 16.0. The standard InChI is InChI=1S/C44H56O7Si/c1-42(2,3)52(6,7)48-29-28-36-38(45)40(46-30-32-20-12-8-13-21-32)41(49-36)39-37(50-43(4,5)51-39)31-47-44(33-22-14-9-15-23-33,34-24-16-10-17-25-34)35-26-18-11-19-27-35/h8-27,36-41,45H,28-31H2,1-7H3/t36-,37+,38-,39+,40+,41+/m1/s1. The molecule has 8 heteroatoms.